The number of rotatable bonds is 9. The van der Waals surface area contributed by atoms with E-state index < -0.39 is 10.0 Å². The number of carbonyl (C=O) groups is 1. The van der Waals surface area contributed by atoms with Crippen LogP contribution in [0.25, 0.3) is 10.2 Å². The van der Waals surface area contributed by atoms with Crippen molar-refractivity contribution in [1.29, 1.82) is 0 Å². The zero-order chi connectivity index (χ0) is 25.3. The zero-order valence-corrected chi connectivity index (χ0v) is 21.6. The summed E-state index contributed by atoms with van der Waals surface area (Å²) < 4.78 is 33.8. The van der Waals surface area contributed by atoms with Crippen molar-refractivity contribution in [1.82, 2.24) is 14.3 Å². The minimum atomic E-state index is -3.59. The van der Waals surface area contributed by atoms with E-state index in [0.717, 1.165) is 17.5 Å². The minimum Gasteiger partial charge on any atom is -0.492 e. The molecule has 1 aliphatic rings. The summed E-state index contributed by atoms with van der Waals surface area (Å²) in [4.78, 5) is 24.6. The van der Waals surface area contributed by atoms with Crippen LogP contribution in [0, 0.1) is 0 Å². The Bertz CT molecular complexity index is 1480. The third-order valence-electron chi connectivity index (χ3n) is 6.03. The van der Waals surface area contributed by atoms with Crippen molar-refractivity contribution in [2.45, 2.75) is 37.2 Å². The Balaban J connectivity index is 1.49. The van der Waals surface area contributed by atoms with E-state index in [-0.39, 0.29) is 23.4 Å². The Morgan fingerprint density at radius 3 is 2.53 bits per heavy atom. The first-order chi connectivity index (χ1) is 17.4. The lowest BCUT2D eigenvalue weighted by atomic mass is 10.2. The van der Waals surface area contributed by atoms with Gasteiger partial charge in [-0.15, -0.1) is 0 Å². The molecule has 2 heterocycles. The van der Waals surface area contributed by atoms with E-state index in [1.54, 1.807) is 30.3 Å². The first-order valence-corrected chi connectivity index (χ1v) is 14.0. The molecule has 0 unspecified atom stereocenters. The second kappa shape index (κ2) is 9.96. The normalized spacial score (nSPS) is 13.8. The maximum Gasteiger partial charge on any atom is 0.260 e. The predicted octanol–water partition coefficient (Wildman–Crippen LogP) is 4.72. The van der Waals surface area contributed by atoms with Crippen LogP contribution in [0.1, 0.15) is 35.8 Å². The first-order valence-electron chi connectivity index (χ1n) is 11.7. The second-order valence-electron chi connectivity index (χ2n) is 8.52. The Labute approximate surface area is 214 Å². The van der Waals surface area contributed by atoms with E-state index in [9.17, 15) is 13.2 Å². The van der Waals surface area contributed by atoms with E-state index in [2.05, 4.69) is 4.98 Å². The number of sulfonamides is 1. The molecule has 1 aliphatic carbocycles. The fraction of sp³-hybridized carbons (Fsp3) is 0.269. The van der Waals surface area contributed by atoms with Crippen LogP contribution in [-0.4, -0.2) is 48.3 Å². The summed E-state index contributed by atoms with van der Waals surface area (Å²) in [6.07, 6.45) is 3.43. The van der Waals surface area contributed by atoms with Crippen LogP contribution in [0.3, 0.4) is 0 Å². The average molecular weight is 523 g/mol. The van der Waals surface area contributed by atoms with Gasteiger partial charge in [0.05, 0.1) is 28.4 Å². The molecular formula is C26H26N4O4S2. The van der Waals surface area contributed by atoms with Crippen molar-refractivity contribution in [3.05, 3.63) is 78.1 Å². The minimum absolute atomic E-state index is 0.0609. The van der Waals surface area contributed by atoms with Crippen LogP contribution in [0.2, 0.25) is 0 Å². The number of anilines is 1. The molecule has 5 rings (SSSR count). The number of carbonyl (C=O) groups excluding carboxylic acids is 1. The monoisotopic (exact) mass is 522 g/mol. The van der Waals surface area contributed by atoms with E-state index in [4.69, 9.17) is 9.72 Å². The number of para-hydroxylation sites is 1. The van der Waals surface area contributed by atoms with Gasteiger partial charge >= 0.3 is 0 Å². The highest BCUT2D eigenvalue weighted by Crippen LogP contribution is 2.35. The highest BCUT2D eigenvalue weighted by molar-refractivity contribution is 7.89. The average Bonchev–Trinajstić information content (AvgIpc) is 3.65. The first kappa shape index (κ1) is 24.4. The molecule has 0 saturated heterocycles. The quantitative estimate of drug-likeness (QED) is 0.316. The Kier molecular flexibility index (Phi) is 6.74. The van der Waals surface area contributed by atoms with Gasteiger partial charge in [0.25, 0.3) is 5.91 Å². The third-order valence-corrected chi connectivity index (χ3v) is 9.00. The number of nitrogens with zero attached hydrogens (tertiary/aromatic N) is 4. The summed E-state index contributed by atoms with van der Waals surface area (Å²) in [6, 6.07) is 17.4. The van der Waals surface area contributed by atoms with Gasteiger partial charge < -0.3 is 4.74 Å². The van der Waals surface area contributed by atoms with E-state index in [0.29, 0.717) is 34.3 Å². The molecule has 0 radical (unpaired) electrons. The summed E-state index contributed by atoms with van der Waals surface area (Å²) in [6.45, 7) is 2.64. The fourth-order valence-electron chi connectivity index (χ4n) is 3.90. The molecule has 0 atom stereocenters. The van der Waals surface area contributed by atoms with Crippen LogP contribution < -0.4 is 9.64 Å². The molecule has 8 nitrogen and oxygen atoms in total. The lowest BCUT2D eigenvalue weighted by Gasteiger charge is -2.20. The maximum absolute atomic E-state index is 13.7. The van der Waals surface area contributed by atoms with Crippen molar-refractivity contribution in [3.63, 3.8) is 0 Å². The number of amides is 1. The molecule has 4 aromatic rings. The standard InChI is InChI=1S/C26H26N4O4S2/c1-3-34-22-8-6-9-23-24(22)28-26(35-23)30(17-19-7-4-5-16-27-19)25(31)18-10-14-21(15-11-18)36(32,33)29(2)20-12-13-20/h4-11,14-16,20H,3,12-13,17H2,1-2H3. The van der Waals surface area contributed by atoms with Gasteiger partial charge in [0.15, 0.2) is 5.13 Å². The highest BCUT2D eigenvalue weighted by atomic mass is 32.2. The van der Waals surface area contributed by atoms with Gasteiger partial charge in [-0.05, 0) is 68.3 Å². The van der Waals surface area contributed by atoms with Gasteiger partial charge in [0.2, 0.25) is 10.0 Å². The smallest absolute Gasteiger partial charge is 0.260 e. The topological polar surface area (TPSA) is 92.7 Å². The lowest BCUT2D eigenvalue weighted by Crippen LogP contribution is -2.31. The molecule has 1 fully saturated rings. The van der Waals surface area contributed by atoms with Crippen molar-refractivity contribution in [2.75, 3.05) is 18.6 Å². The number of ether oxygens (including phenoxy) is 1. The SMILES string of the molecule is CCOc1cccc2sc(N(Cc3ccccn3)C(=O)c3ccc(S(=O)(=O)N(C)C4CC4)cc3)nc12. The molecule has 0 spiro atoms. The number of benzene rings is 2. The fourth-order valence-corrected chi connectivity index (χ4v) is 6.30. The van der Waals surface area contributed by atoms with Crippen LogP contribution in [0.15, 0.2) is 71.8 Å². The Morgan fingerprint density at radius 1 is 1.08 bits per heavy atom. The van der Waals surface area contributed by atoms with Gasteiger partial charge in [0.1, 0.15) is 11.3 Å². The van der Waals surface area contributed by atoms with Gasteiger partial charge in [-0.2, -0.15) is 4.31 Å². The number of thiazole rings is 1. The second-order valence-corrected chi connectivity index (χ2v) is 11.5. The lowest BCUT2D eigenvalue weighted by molar-refractivity contribution is 0.0984. The molecule has 0 bridgehead atoms. The van der Waals surface area contributed by atoms with Gasteiger partial charge in [0, 0.05) is 24.8 Å². The van der Waals surface area contributed by atoms with Gasteiger partial charge in [-0.25, -0.2) is 13.4 Å². The molecule has 36 heavy (non-hydrogen) atoms. The summed E-state index contributed by atoms with van der Waals surface area (Å²) in [7, 11) is -1.99. The van der Waals surface area contributed by atoms with Crippen molar-refractivity contribution >= 4 is 42.6 Å². The van der Waals surface area contributed by atoms with Crippen molar-refractivity contribution < 1.29 is 17.9 Å². The molecule has 0 aliphatic heterocycles. The van der Waals surface area contributed by atoms with E-state index >= 15 is 0 Å². The number of hydrogen-bond acceptors (Lipinski definition) is 7. The van der Waals surface area contributed by atoms with Crippen LogP contribution >= 0.6 is 11.3 Å². The zero-order valence-electron chi connectivity index (χ0n) is 20.0. The molecular weight excluding hydrogens is 496 g/mol. The summed E-state index contributed by atoms with van der Waals surface area (Å²) in [5.74, 6) is 0.370. The molecule has 0 N–H and O–H groups in total. The third kappa shape index (κ3) is 4.84. The van der Waals surface area contributed by atoms with E-state index in [1.807, 2.05) is 43.3 Å². The maximum atomic E-state index is 13.7. The molecule has 2 aromatic carbocycles. The summed E-state index contributed by atoms with van der Waals surface area (Å²) in [5, 5.41) is 0.512. The summed E-state index contributed by atoms with van der Waals surface area (Å²) in [5.41, 5.74) is 1.77. The Morgan fingerprint density at radius 2 is 1.86 bits per heavy atom. The number of fused-ring (bicyclic) bond motifs is 1. The molecule has 2 aromatic heterocycles. The molecule has 10 heteroatoms. The van der Waals surface area contributed by atoms with Crippen LogP contribution in [0.4, 0.5) is 5.13 Å². The number of hydrogen-bond donors (Lipinski definition) is 0. The van der Waals surface area contributed by atoms with Gasteiger partial charge in [-0.3, -0.25) is 14.7 Å². The van der Waals surface area contributed by atoms with Gasteiger partial charge in [-0.1, -0.05) is 23.5 Å². The highest BCUT2D eigenvalue weighted by Gasteiger charge is 2.35. The van der Waals surface area contributed by atoms with Crippen LogP contribution in [-0.2, 0) is 16.6 Å². The largest absolute Gasteiger partial charge is 0.492 e. The molecule has 1 saturated carbocycles. The van der Waals surface area contributed by atoms with Crippen LogP contribution in [0.5, 0.6) is 5.75 Å². The van der Waals surface area contributed by atoms with E-state index in [1.165, 1.54) is 27.8 Å². The molecule has 1 amide bonds. The molecule has 186 valence electrons. The number of pyridine rings is 1. The van der Waals surface area contributed by atoms with Crippen molar-refractivity contribution in [3.8, 4) is 5.75 Å². The predicted molar refractivity (Wildman–Crippen MR) is 140 cm³/mol. The number of aromatic nitrogens is 2. The van der Waals surface area contributed by atoms with Crippen molar-refractivity contribution in [2.24, 2.45) is 0 Å². The Hall–Kier alpha value is -3.34. The summed E-state index contributed by atoms with van der Waals surface area (Å²) >= 11 is 1.39.